The largest absolute Gasteiger partial charge is 0.329 e. The first kappa shape index (κ1) is 24.7. The van der Waals surface area contributed by atoms with Crippen molar-refractivity contribution in [2.75, 3.05) is 0 Å². The Hall–Kier alpha value is -1.57. The molecule has 2 aliphatic rings. The maximum atomic E-state index is 13.8. The monoisotopic (exact) mass is 411 g/mol. The van der Waals surface area contributed by atoms with Gasteiger partial charge in [0.1, 0.15) is 0 Å². The van der Waals surface area contributed by atoms with Crippen molar-refractivity contribution in [2.45, 2.75) is 117 Å². The van der Waals surface area contributed by atoms with Crippen LogP contribution in [0.1, 0.15) is 105 Å². The van der Waals surface area contributed by atoms with Crippen LogP contribution in [0.3, 0.4) is 0 Å². The molecule has 0 spiro atoms. The van der Waals surface area contributed by atoms with Gasteiger partial charge in [0.2, 0.25) is 0 Å². The van der Waals surface area contributed by atoms with Gasteiger partial charge in [0.05, 0.1) is 6.04 Å². The van der Waals surface area contributed by atoms with Crippen molar-refractivity contribution < 1.29 is 4.79 Å². The third kappa shape index (κ3) is 6.22. The summed E-state index contributed by atoms with van der Waals surface area (Å²) in [5.41, 5.74) is 3.52. The molecule has 1 heterocycles. The Morgan fingerprint density at radius 3 is 2.17 bits per heavy atom. The minimum absolute atomic E-state index is 0.167. The molecule has 2 nitrogen and oxygen atoms in total. The molecule has 2 heteroatoms. The van der Waals surface area contributed by atoms with Crippen LogP contribution in [0.2, 0.25) is 0 Å². The minimum atomic E-state index is 0.167. The van der Waals surface area contributed by atoms with E-state index in [1.54, 1.807) is 0 Å². The molecule has 0 N–H and O–H groups in total. The van der Waals surface area contributed by atoms with Gasteiger partial charge in [-0.3, -0.25) is 4.79 Å². The van der Waals surface area contributed by atoms with E-state index in [-0.39, 0.29) is 11.9 Å². The van der Waals surface area contributed by atoms with Crippen LogP contribution in [0.4, 0.5) is 0 Å². The summed E-state index contributed by atoms with van der Waals surface area (Å²) in [7, 11) is 0. The van der Waals surface area contributed by atoms with Gasteiger partial charge in [-0.1, -0.05) is 109 Å². The Labute approximate surface area is 186 Å². The molecule has 0 bridgehead atoms. The summed E-state index contributed by atoms with van der Waals surface area (Å²) in [6.07, 6.45) is 24.5. The molecular formula is C28H45NO. The summed E-state index contributed by atoms with van der Waals surface area (Å²) in [5, 5.41) is 0. The first-order chi connectivity index (χ1) is 14.6. The summed E-state index contributed by atoms with van der Waals surface area (Å²) in [4.78, 5) is 16.0. The lowest BCUT2D eigenvalue weighted by Crippen LogP contribution is -2.51. The van der Waals surface area contributed by atoms with Gasteiger partial charge in [0, 0.05) is 17.5 Å². The molecule has 1 aliphatic carbocycles. The maximum Gasteiger partial charge on any atom is 0.254 e. The molecular weight excluding hydrogens is 366 g/mol. The van der Waals surface area contributed by atoms with Gasteiger partial charge in [-0.15, -0.1) is 0 Å². The number of carbonyl (C=O) groups is 1. The average Bonchev–Trinajstić information content (AvgIpc) is 2.73. The molecule has 0 saturated carbocycles. The molecule has 1 amide bonds. The third-order valence-electron chi connectivity index (χ3n) is 6.82. The molecule has 30 heavy (non-hydrogen) atoms. The number of hydrogen-bond donors (Lipinski definition) is 0. The topological polar surface area (TPSA) is 20.3 Å². The molecule has 0 aromatic carbocycles. The summed E-state index contributed by atoms with van der Waals surface area (Å²) < 4.78 is 0. The van der Waals surface area contributed by atoms with Gasteiger partial charge < -0.3 is 4.90 Å². The van der Waals surface area contributed by atoms with E-state index < -0.39 is 0 Å². The standard InChI is InChI=1S/C28H45NO/c1-6-9-11-13-15-20-24(19-14-12-10-7-2)29-23(5)25-21-16-18-22(4)27(25)26(17-8-3)28(29)30/h8,16-18,21-24H,6-7,9-15,19-20H2,1-5H3/b17-8-. The number of unbranched alkanes of at least 4 members (excludes halogenated alkanes) is 7. The highest BCUT2D eigenvalue weighted by molar-refractivity contribution is 6.00. The first-order valence-electron chi connectivity index (χ1n) is 12.6. The second-order valence-electron chi connectivity index (χ2n) is 9.22. The van der Waals surface area contributed by atoms with Crippen LogP contribution in [-0.2, 0) is 4.79 Å². The lowest BCUT2D eigenvalue weighted by atomic mass is 9.78. The van der Waals surface area contributed by atoms with E-state index in [0.29, 0.717) is 12.0 Å². The lowest BCUT2D eigenvalue weighted by molar-refractivity contribution is -0.131. The van der Waals surface area contributed by atoms with Crippen LogP contribution >= 0.6 is 0 Å². The van der Waals surface area contributed by atoms with Crippen molar-refractivity contribution in [3.8, 4) is 0 Å². The second-order valence-corrected chi connectivity index (χ2v) is 9.22. The van der Waals surface area contributed by atoms with E-state index in [0.717, 1.165) is 18.4 Å². The van der Waals surface area contributed by atoms with Crippen molar-refractivity contribution in [1.82, 2.24) is 4.90 Å². The molecule has 3 atom stereocenters. The smallest absolute Gasteiger partial charge is 0.254 e. The minimum Gasteiger partial charge on any atom is -0.329 e. The molecule has 3 unspecified atom stereocenters. The highest BCUT2D eigenvalue weighted by atomic mass is 16.2. The van der Waals surface area contributed by atoms with Gasteiger partial charge in [-0.05, 0) is 37.8 Å². The molecule has 2 rings (SSSR count). The van der Waals surface area contributed by atoms with Gasteiger partial charge >= 0.3 is 0 Å². The van der Waals surface area contributed by atoms with E-state index in [9.17, 15) is 4.79 Å². The molecule has 0 fully saturated rings. The zero-order chi connectivity index (χ0) is 21.9. The summed E-state index contributed by atoms with van der Waals surface area (Å²) in [5.74, 6) is 0.561. The molecule has 0 saturated heterocycles. The number of fused-ring (bicyclic) bond motifs is 1. The van der Waals surface area contributed by atoms with Crippen LogP contribution in [-0.4, -0.2) is 22.9 Å². The van der Waals surface area contributed by atoms with E-state index >= 15 is 0 Å². The van der Waals surface area contributed by atoms with E-state index in [4.69, 9.17) is 0 Å². The van der Waals surface area contributed by atoms with Crippen LogP contribution in [0.15, 0.2) is 47.1 Å². The van der Waals surface area contributed by atoms with Crippen molar-refractivity contribution in [2.24, 2.45) is 5.92 Å². The van der Waals surface area contributed by atoms with Crippen molar-refractivity contribution >= 4 is 5.91 Å². The molecule has 0 radical (unpaired) electrons. The first-order valence-corrected chi connectivity index (χ1v) is 12.6. The maximum absolute atomic E-state index is 13.8. The second kappa shape index (κ2) is 13.0. The Morgan fingerprint density at radius 1 is 0.967 bits per heavy atom. The molecule has 0 aromatic heterocycles. The zero-order valence-electron chi connectivity index (χ0n) is 20.3. The van der Waals surface area contributed by atoms with Crippen LogP contribution in [0, 0.1) is 5.92 Å². The Bertz CT molecular complexity index is 666. The van der Waals surface area contributed by atoms with Gasteiger partial charge in [0.25, 0.3) is 5.91 Å². The quantitative estimate of drug-likeness (QED) is 0.282. The van der Waals surface area contributed by atoms with Crippen LogP contribution < -0.4 is 0 Å². The van der Waals surface area contributed by atoms with Crippen molar-refractivity contribution in [1.29, 1.82) is 0 Å². The zero-order valence-corrected chi connectivity index (χ0v) is 20.3. The Balaban J connectivity index is 2.26. The fraction of sp³-hybridized carbons (Fsp3) is 0.679. The number of amides is 1. The number of allylic oxidation sites excluding steroid dienone is 4. The highest BCUT2D eigenvalue weighted by Crippen LogP contribution is 2.39. The fourth-order valence-corrected chi connectivity index (χ4v) is 5.14. The SMILES string of the molecule is C/C=C\C1=C2C(=CC=CC2C)C(C)N(C(CCCCCC)CCCCCCC)C1=O. The Kier molecular flexibility index (Phi) is 10.7. The molecule has 0 aromatic rings. The van der Waals surface area contributed by atoms with Crippen LogP contribution in [0.25, 0.3) is 0 Å². The van der Waals surface area contributed by atoms with Crippen molar-refractivity contribution in [3.05, 3.63) is 47.1 Å². The number of rotatable bonds is 13. The number of hydrogen-bond acceptors (Lipinski definition) is 1. The molecule has 1 aliphatic heterocycles. The molecule has 168 valence electrons. The van der Waals surface area contributed by atoms with Gasteiger partial charge in [-0.25, -0.2) is 0 Å². The average molecular weight is 412 g/mol. The lowest BCUT2D eigenvalue weighted by Gasteiger charge is -2.44. The predicted octanol–water partition coefficient (Wildman–Crippen LogP) is 7.92. The Morgan fingerprint density at radius 2 is 1.57 bits per heavy atom. The van der Waals surface area contributed by atoms with Gasteiger partial charge in [0.15, 0.2) is 0 Å². The summed E-state index contributed by atoms with van der Waals surface area (Å²) >= 11 is 0. The number of nitrogens with zero attached hydrogens (tertiary/aromatic N) is 1. The summed E-state index contributed by atoms with van der Waals surface area (Å²) in [6, 6.07) is 0.524. The third-order valence-corrected chi connectivity index (χ3v) is 6.82. The number of carbonyl (C=O) groups excluding carboxylic acids is 1. The highest BCUT2D eigenvalue weighted by Gasteiger charge is 2.39. The van der Waals surface area contributed by atoms with Gasteiger partial charge in [-0.2, -0.15) is 0 Å². The van der Waals surface area contributed by atoms with E-state index in [1.807, 2.05) is 13.0 Å². The van der Waals surface area contributed by atoms with E-state index in [1.165, 1.54) is 68.9 Å². The van der Waals surface area contributed by atoms with E-state index in [2.05, 4.69) is 56.9 Å². The van der Waals surface area contributed by atoms with Crippen LogP contribution in [0.5, 0.6) is 0 Å². The fourth-order valence-electron chi connectivity index (χ4n) is 5.14. The normalized spacial score (nSPS) is 22.6. The van der Waals surface area contributed by atoms with Crippen molar-refractivity contribution in [3.63, 3.8) is 0 Å². The predicted molar refractivity (Wildman–Crippen MR) is 130 cm³/mol. The summed E-state index contributed by atoms with van der Waals surface area (Å²) in [6.45, 7) is 11.0.